The smallest absolute Gasteiger partial charge is 0.408 e. The number of amides is 1. The first kappa shape index (κ1) is 19.8. The molecule has 1 N–H and O–H groups in total. The molecule has 0 saturated heterocycles. The summed E-state index contributed by atoms with van der Waals surface area (Å²) in [7, 11) is 1.57. The molecule has 24 heavy (non-hydrogen) atoms. The molecule has 0 aliphatic carbocycles. The van der Waals surface area contributed by atoms with Crippen LogP contribution in [-0.4, -0.2) is 36.9 Å². The van der Waals surface area contributed by atoms with Crippen molar-refractivity contribution in [2.75, 3.05) is 7.11 Å². The highest BCUT2D eigenvalue weighted by Crippen LogP contribution is 2.15. The van der Waals surface area contributed by atoms with Gasteiger partial charge in [-0.15, -0.1) is 0 Å². The molecular formula is C18H27NO5. The van der Waals surface area contributed by atoms with Gasteiger partial charge in [-0.1, -0.05) is 12.1 Å². The Bertz CT molecular complexity index is 563. The van der Waals surface area contributed by atoms with Gasteiger partial charge in [-0.05, 0) is 52.3 Å². The van der Waals surface area contributed by atoms with Gasteiger partial charge in [-0.25, -0.2) is 9.59 Å². The molecule has 0 saturated carbocycles. The number of hydrogen-bond acceptors (Lipinski definition) is 5. The molecule has 6 heteroatoms. The molecule has 0 bridgehead atoms. The number of rotatable bonds is 6. The quantitative estimate of drug-likeness (QED) is 0.808. The highest BCUT2D eigenvalue weighted by atomic mass is 16.6. The van der Waals surface area contributed by atoms with Gasteiger partial charge >= 0.3 is 12.1 Å². The third-order valence-corrected chi connectivity index (χ3v) is 2.90. The van der Waals surface area contributed by atoms with Crippen LogP contribution < -0.4 is 10.1 Å². The van der Waals surface area contributed by atoms with Gasteiger partial charge in [-0.2, -0.15) is 0 Å². The second kappa shape index (κ2) is 8.57. The van der Waals surface area contributed by atoms with E-state index in [9.17, 15) is 9.59 Å². The fourth-order valence-electron chi connectivity index (χ4n) is 1.99. The van der Waals surface area contributed by atoms with Crippen LogP contribution in [0.15, 0.2) is 24.3 Å². The van der Waals surface area contributed by atoms with Crippen LogP contribution >= 0.6 is 0 Å². The van der Waals surface area contributed by atoms with E-state index in [0.717, 1.165) is 5.56 Å². The number of ether oxygens (including phenoxy) is 3. The predicted molar refractivity (Wildman–Crippen MR) is 91.1 cm³/mol. The van der Waals surface area contributed by atoms with E-state index in [-0.39, 0.29) is 12.5 Å². The van der Waals surface area contributed by atoms with E-state index < -0.39 is 23.7 Å². The summed E-state index contributed by atoms with van der Waals surface area (Å²) in [6.07, 6.45) is -0.649. The Morgan fingerprint density at radius 3 is 2.42 bits per heavy atom. The molecule has 0 heterocycles. The molecule has 0 aliphatic heterocycles. The molecule has 1 rings (SSSR count). The van der Waals surface area contributed by atoms with E-state index in [0.29, 0.717) is 5.75 Å². The maximum atomic E-state index is 12.3. The zero-order chi connectivity index (χ0) is 18.3. The van der Waals surface area contributed by atoms with Gasteiger partial charge in [0.2, 0.25) is 0 Å². The molecule has 1 aromatic rings. The van der Waals surface area contributed by atoms with E-state index in [1.54, 1.807) is 41.7 Å². The van der Waals surface area contributed by atoms with E-state index in [4.69, 9.17) is 14.2 Å². The van der Waals surface area contributed by atoms with Crippen LogP contribution in [0.4, 0.5) is 4.79 Å². The molecule has 1 aromatic carbocycles. The van der Waals surface area contributed by atoms with Crippen molar-refractivity contribution >= 4 is 12.1 Å². The molecule has 1 atom stereocenters. The van der Waals surface area contributed by atoms with E-state index in [1.165, 1.54) is 0 Å². The van der Waals surface area contributed by atoms with Gasteiger partial charge in [0.25, 0.3) is 0 Å². The molecule has 6 nitrogen and oxygen atoms in total. The highest BCUT2D eigenvalue weighted by Gasteiger charge is 2.26. The fraction of sp³-hybridized carbons (Fsp3) is 0.556. The Labute approximate surface area is 143 Å². The summed E-state index contributed by atoms with van der Waals surface area (Å²) < 4.78 is 15.6. The SMILES string of the molecule is COc1cccc(CC(NC(=O)OC(C)(C)C)C(=O)OC(C)C)c1. The van der Waals surface area contributed by atoms with Crippen LogP contribution in [0.25, 0.3) is 0 Å². The number of esters is 1. The topological polar surface area (TPSA) is 73.9 Å². The molecular weight excluding hydrogens is 310 g/mol. The van der Waals surface area contributed by atoms with Crippen molar-refractivity contribution < 1.29 is 23.8 Å². The Morgan fingerprint density at radius 1 is 1.21 bits per heavy atom. The van der Waals surface area contributed by atoms with Crippen molar-refractivity contribution in [2.45, 2.75) is 58.8 Å². The number of carbonyl (C=O) groups is 2. The summed E-state index contributed by atoms with van der Waals surface area (Å²) in [4.78, 5) is 24.3. The molecule has 0 aromatic heterocycles. The number of benzene rings is 1. The Kier molecular flexibility index (Phi) is 7.07. The summed E-state index contributed by atoms with van der Waals surface area (Å²) in [5, 5.41) is 2.59. The largest absolute Gasteiger partial charge is 0.497 e. The zero-order valence-electron chi connectivity index (χ0n) is 15.2. The van der Waals surface area contributed by atoms with Gasteiger partial charge < -0.3 is 19.5 Å². The monoisotopic (exact) mass is 337 g/mol. The summed E-state index contributed by atoms with van der Waals surface area (Å²) in [6, 6.07) is 6.47. The molecule has 0 aliphatic rings. The maximum Gasteiger partial charge on any atom is 0.408 e. The van der Waals surface area contributed by atoms with E-state index in [2.05, 4.69) is 5.32 Å². The fourth-order valence-corrected chi connectivity index (χ4v) is 1.99. The molecule has 0 fully saturated rings. The van der Waals surface area contributed by atoms with Crippen LogP contribution in [0.5, 0.6) is 5.75 Å². The lowest BCUT2D eigenvalue weighted by atomic mass is 10.1. The van der Waals surface area contributed by atoms with Gasteiger partial charge in [0.15, 0.2) is 0 Å². The lowest BCUT2D eigenvalue weighted by Gasteiger charge is -2.23. The first-order valence-corrected chi connectivity index (χ1v) is 7.93. The summed E-state index contributed by atoms with van der Waals surface area (Å²) in [5.41, 5.74) is 0.197. The Hall–Kier alpha value is -2.24. The van der Waals surface area contributed by atoms with Gasteiger partial charge in [0.1, 0.15) is 17.4 Å². The van der Waals surface area contributed by atoms with Crippen LogP contribution in [0.2, 0.25) is 0 Å². The second-order valence-electron chi connectivity index (χ2n) is 6.74. The van der Waals surface area contributed by atoms with Crippen molar-refractivity contribution in [3.63, 3.8) is 0 Å². The summed E-state index contributed by atoms with van der Waals surface area (Å²) in [5.74, 6) is 0.180. The third-order valence-electron chi connectivity index (χ3n) is 2.90. The summed E-state index contributed by atoms with van der Waals surface area (Å²) in [6.45, 7) is 8.80. The lowest BCUT2D eigenvalue weighted by molar-refractivity contribution is -0.149. The van der Waals surface area contributed by atoms with Gasteiger partial charge in [0.05, 0.1) is 13.2 Å². The molecule has 1 unspecified atom stereocenters. The number of carbonyl (C=O) groups excluding carboxylic acids is 2. The average Bonchev–Trinajstić information content (AvgIpc) is 2.44. The van der Waals surface area contributed by atoms with Crippen molar-refractivity contribution in [3.8, 4) is 5.75 Å². The predicted octanol–water partition coefficient (Wildman–Crippen LogP) is 3.08. The molecule has 0 radical (unpaired) electrons. The van der Waals surface area contributed by atoms with Crippen LogP contribution in [-0.2, 0) is 20.7 Å². The van der Waals surface area contributed by atoms with Crippen LogP contribution in [0.1, 0.15) is 40.2 Å². The normalized spacial score (nSPS) is 12.5. The standard InChI is InChI=1S/C18H27NO5/c1-12(2)23-16(20)15(19-17(21)24-18(3,4)5)11-13-8-7-9-14(10-13)22-6/h7-10,12,15H,11H2,1-6H3,(H,19,21). The minimum atomic E-state index is -0.839. The zero-order valence-corrected chi connectivity index (χ0v) is 15.2. The van der Waals surface area contributed by atoms with E-state index in [1.807, 2.05) is 24.3 Å². The molecule has 0 spiro atoms. The van der Waals surface area contributed by atoms with Crippen molar-refractivity contribution in [1.29, 1.82) is 0 Å². The Balaban J connectivity index is 2.88. The van der Waals surface area contributed by atoms with Crippen molar-refractivity contribution in [2.24, 2.45) is 0 Å². The number of alkyl carbamates (subject to hydrolysis) is 1. The van der Waals surface area contributed by atoms with Crippen molar-refractivity contribution in [1.82, 2.24) is 5.32 Å². The van der Waals surface area contributed by atoms with E-state index >= 15 is 0 Å². The Morgan fingerprint density at radius 2 is 1.88 bits per heavy atom. The number of nitrogens with one attached hydrogen (secondary N) is 1. The molecule has 1 amide bonds. The van der Waals surface area contributed by atoms with Crippen LogP contribution in [0, 0.1) is 0 Å². The number of hydrogen-bond donors (Lipinski definition) is 1. The van der Waals surface area contributed by atoms with Gasteiger partial charge in [0, 0.05) is 6.42 Å². The summed E-state index contributed by atoms with van der Waals surface area (Å²) >= 11 is 0. The van der Waals surface area contributed by atoms with Gasteiger partial charge in [-0.3, -0.25) is 0 Å². The second-order valence-corrected chi connectivity index (χ2v) is 6.74. The minimum Gasteiger partial charge on any atom is -0.497 e. The first-order valence-electron chi connectivity index (χ1n) is 7.93. The lowest BCUT2D eigenvalue weighted by Crippen LogP contribution is -2.46. The average molecular weight is 337 g/mol. The number of methoxy groups -OCH3 is 1. The van der Waals surface area contributed by atoms with Crippen LogP contribution in [0.3, 0.4) is 0 Å². The maximum absolute atomic E-state index is 12.3. The molecule has 134 valence electrons. The highest BCUT2D eigenvalue weighted by molar-refractivity contribution is 5.81. The third kappa shape index (κ3) is 7.35. The van der Waals surface area contributed by atoms with Crippen molar-refractivity contribution in [3.05, 3.63) is 29.8 Å². The first-order chi connectivity index (χ1) is 11.1. The minimum absolute atomic E-state index is 0.272.